The standard InChI is InChI=1S/C11H10N2O3/c12-5-7-4-10(15)11(16)9(6-13)8(7)2-1-3-14/h4,14-16H,1-3H2. The van der Waals surface area contributed by atoms with E-state index in [9.17, 15) is 10.2 Å². The summed E-state index contributed by atoms with van der Waals surface area (Å²) < 4.78 is 0. The van der Waals surface area contributed by atoms with E-state index in [-0.39, 0.29) is 17.7 Å². The van der Waals surface area contributed by atoms with Crippen LogP contribution in [-0.2, 0) is 6.42 Å². The molecule has 0 bridgehead atoms. The predicted octanol–water partition coefficient (Wildman–Crippen LogP) is 0.766. The fourth-order valence-corrected chi connectivity index (χ4v) is 1.43. The maximum Gasteiger partial charge on any atom is 0.175 e. The van der Waals surface area contributed by atoms with Crippen LogP contribution >= 0.6 is 0 Å². The Bertz CT molecular complexity index is 483. The third-order valence-electron chi connectivity index (χ3n) is 2.20. The highest BCUT2D eigenvalue weighted by Gasteiger charge is 2.16. The monoisotopic (exact) mass is 218 g/mol. The maximum atomic E-state index is 9.45. The minimum Gasteiger partial charge on any atom is -0.504 e. The molecule has 0 fully saturated rings. The molecule has 0 saturated carbocycles. The summed E-state index contributed by atoms with van der Waals surface area (Å²) in [6.45, 7) is -0.0720. The molecule has 1 aromatic carbocycles. The number of benzene rings is 1. The summed E-state index contributed by atoms with van der Waals surface area (Å²) in [5, 5.41) is 45.1. The second-order valence-corrected chi connectivity index (χ2v) is 3.20. The summed E-state index contributed by atoms with van der Waals surface area (Å²) in [6, 6.07) is 4.70. The SMILES string of the molecule is N#Cc1cc(O)c(O)c(C#N)c1CCCO. The van der Waals surface area contributed by atoms with Gasteiger partial charge in [-0.2, -0.15) is 10.5 Å². The van der Waals surface area contributed by atoms with Crippen molar-refractivity contribution in [2.45, 2.75) is 12.8 Å². The van der Waals surface area contributed by atoms with Gasteiger partial charge in [0, 0.05) is 12.7 Å². The summed E-state index contributed by atoms with van der Waals surface area (Å²) in [7, 11) is 0. The molecule has 0 unspecified atom stereocenters. The average molecular weight is 218 g/mol. The van der Waals surface area contributed by atoms with Crippen molar-refractivity contribution < 1.29 is 15.3 Å². The molecule has 0 aliphatic rings. The second kappa shape index (κ2) is 5.01. The van der Waals surface area contributed by atoms with E-state index >= 15 is 0 Å². The lowest BCUT2D eigenvalue weighted by Crippen LogP contribution is -1.98. The summed E-state index contributed by atoms with van der Waals surface area (Å²) >= 11 is 0. The Morgan fingerprint density at radius 3 is 2.38 bits per heavy atom. The molecule has 0 amide bonds. The molecule has 5 nitrogen and oxygen atoms in total. The van der Waals surface area contributed by atoms with Gasteiger partial charge < -0.3 is 15.3 Å². The first-order chi connectivity index (χ1) is 7.65. The van der Waals surface area contributed by atoms with Gasteiger partial charge in [-0.05, 0) is 18.4 Å². The number of hydrogen-bond donors (Lipinski definition) is 3. The lowest BCUT2D eigenvalue weighted by atomic mass is 9.97. The molecule has 16 heavy (non-hydrogen) atoms. The van der Waals surface area contributed by atoms with E-state index in [1.54, 1.807) is 6.07 Å². The second-order valence-electron chi connectivity index (χ2n) is 3.20. The summed E-state index contributed by atoms with van der Waals surface area (Å²) in [4.78, 5) is 0. The van der Waals surface area contributed by atoms with Crippen molar-refractivity contribution in [2.24, 2.45) is 0 Å². The van der Waals surface area contributed by atoms with Gasteiger partial charge in [0.1, 0.15) is 11.6 Å². The summed E-state index contributed by atoms with van der Waals surface area (Å²) in [5.41, 5.74) is 0.389. The van der Waals surface area contributed by atoms with Crippen molar-refractivity contribution in [3.8, 4) is 23.6 Å². The van der Waals surface area contributed by atoms with Crippen LogP contribution in [0.2, 0.25) is 0 Å². The number of phenols is 2. The van der Waals surface area contributed by atoms with Crippen LogP contribution in [0.3, 0.4) is 0 Å². The van der Waals surface area contributed by atoms with Gasteiger partial charge >= 0.3 is 0 Å². The Kier molecular flexibility index (Phi) is 3.71. The Hall–Kier alpha value is -2.24. The van der Waals surface area contributed by atoms with Gasteiger partial charge in [-0.1, -0.05) is 0 Å². The molecule has 82 valence electrons. The summed E-state index contributed by atoms with van der Waals surface area (Å²) in [5.74, 6) is -1.00. The average Bonchev–Trinajstić information content (AvgIpc) is 2.30. The van der Waals surface area contributed by atoms with Gasteiger partial charge in [-0.15, -0.1) is 0 Å². The Balaban J connectivity index is 3.38. The first kappa shape index (κ1) is 11.8. The summed E-state index contributed by atoms with van der Waals surface area (Å²) in [6.07, 6.45) is 0.684. The lowest BCUT2D eigenvalue weighted by molar-refractivity contribution is 0.288. The highest BCUT2D eigenvalue weighted by molar-refractivity contribution is 5.61. The smallest absolute Gasteiger partial charge is 0.175 e. The van der Waals surface area contributed by atoms with Gasteiger partial charge in [-0.3, -0.25) is 0 Å². The fraction of sp³-hybridized carbons (Fsp3) is 0.273. The molecule has 0 spiro atoms. The molecule has 1 aromatic rings. The molecule has 0 aliphatic carbocycles. The van der Waals surface area contributed by atoms with E-state index in [1.807, 2.05) is 6.07 Å². The number of rotatable bonds is 3. The zero-order valence-electron chi connectivity index (χ0n) is 8.43. The Morgan fingerprint density at radius 1 is 1.19 bits per heavy atom. The third-order valence-corrected chi connectivity index (χ3v) is 2.20. The molecule has 5 heteroatoms. The fourth-order valence-electron chi connectivity index (χ4n) is 1.43. The Morgan fingerprint density at radius 2 is 1.88 bits per heavy atom. The molecule has 3 N–H and O–H groups in total. The van der Waals surface area contributed by atoms with Crippen molar-refractivity contribution in [3.63, 3.8) is 0 Å². The third kappa shape index (κ3) is 2.05. The van der Waals surface area contributed by atoms with Gasteiger partial charge in [0.2, 0.25) is 0 Å². The van der Waals surface area contributed by atoms with Crippen LogP contribution in [0.4, 0.5) is 0 Å². The number of hydrogen-bond acceptors (Lipinski definition) is 5. The Labute approximate surface area is 92.4 Å². The highest BCUT2D eigenvalue weighted by atomic mass is 16.3. The predicted molar refractivity (Wildman–Crippen MR) is 54.6 cm³/mol. The first-order valence-electron chi connectivity index (χ1n) is 4.64. The van der Waals surface area contributed by atoms with Crippen molar-refractivity contribution >= 4 is 0 Å². The molecule has 0 saturated heterocycles. The minimum atomic E-state index is -0.519. The number of phenolic OH excluding ortho intramolecular Hbond substituents is 2. The highest BCUT2D eigenvalue weighted by Crippen LogP contribution is 2.33. The molecule has 0 aliphatic heterocycles. The topological polar surface area (TPSA) is 108 Å². The van der Waals surface area contributed by atoms with Crippen LogP contribution in [-0.4, -0.2) is 21.9 Å². The van der Waals surface area contributed by atoms with E-state index in [1.165, 1.54) is 0 Å². The molecule has 0 aromatic heterocycles. The molecular formula is C11H10N2O3. The first-order valence-corrected chi connectivity index (χ1v) is 4.64. The van der Waals surface area contributed by atoms with Gasteiger partial charge in [0.15, 0.2) is 11.5 Å². The van der Waals surface area contributed by atoms with Crippen LogP contribution in [0.5, 0.6) is 11.5 Å². The van der Waals surface area contributed by atoms with Gasteiger partial charge in [0.05, 0.1) is 11.6 Å². The van der Waals surface area contributed by atoms with Crippen molar-refractivity contribution in [3.05, 3.63) is 22.8 Å². The van der Waals surface area contributed by atoms with Crippen LogP contribution in [0.15, 0.2) is 6.07 Å². The number of aliphatic hydroxyl groups is 1. The molecule has 1 rings (SSSR count). The van der Waals surface area contributed by atoms with Crippen LogP contribution in [0.1, 0.15) is 23.1 Å². The van der Waals surface area contributed by atoms with Crippen LogP contribution in [0.25, 0.3) is 0 Å². The van der Waals surface area contributed by atoms with E-state index in [2.05, 4.69) is 0 Å². The number of nitrogens with zero attached hydrogens (tertiary/aromatic N) is 2. The molecule has 0 heterocycles. The van der Waals surface area contributed by atoms with E-state index in [4.69, 9.17) is 15.6 Å². The minimum absolute atomic E-state index is 0.0720. The number of aliphatic hydroxyl groups excluding tert-OH is 1. The number of nitriles is 2. The van der Waals surface area contributed by atoms with Crippen molar-refractivity contribution in [2.75, 3.05) is 6.61 Å². The zero-order chi connectivity index (χ0) is 12.1. The zero-order valence-corrected chi connectivity index (χ0v) is 8.43. The van der Waals surface area contributed by atoms with Crippen molar-refractivity contribution in [1.29, 1.82) is 10.5 Å². The lowest BCUT2D eigenvalue weighted by Gasteiger charge is -2.08. The molecule has 0 radical (unpaired) electrons. The molecular weight excluding hydrogens is 208 g/mol. The van der Waals surface area contributed by atoms with Crippen molar-refractivity contribution in [1.82, 2.24) is 0 Å². The van der Waals surface area contributed by atoms with Gasteiger partial charge in [-0.25, -0.2) is 0 Å². The van der Waals surface area contributed by atoms with E-state index in [0.717, 1.165) is 6.07 Å². The largest absolute Gasteiger partial charge is 0.504 e. The van der Waals surface area contributed by atoms with E-state index in [0.29, 0.717) is 18.4 Å². The maximum absolute atomic E-state index is 9.45. The number of aromatic hydroxyl groups is 2. The molecule has 0 atom stereocenters. The quantitative estimate of drug-likeness (QED) is 0.649. The van der Waals surface area contributed by atoms with Crippen LogP contribution in [0, 0.1) is 22.7 Å². The van der Waals surface area contributed by atoms with E-state index < -0.39 is 11.5 Å². The van der Waals surface area contributed by atoms with Crippen LogP contribution < -0.4 is 0 Å². The normalized spacial score (nSPS) is 9.44. The van der Waals surface area contributed by atoms with Gasteiger partial charge in [0.25, 0.3) is 0 Å².